The Hall–Kier alpha value is -1.62. The van der Waals surface area contributed by atoms with Gasteiger partial charge in [-0.15, -0.1) is 0 Å². The van der Waals surface area contributed by atoms with Gasteiger partial charge < -0.3 is 10.1 Å². The van der Waals surface area contributed by atoms with Crippen molar-refractivity contribution in [1.29, 1.82) is 0 Å². The lowest BCUT2D eigenvalue weighted by Crippen LogP contribution is -2.21. The summed E-state index contributed by atoms with van der Waals surface area (Å²) in [5.41, 5.74) is -0.443. The van der Waals surface area contributed by atoms with Crippen molar-refractivity contribution in [3.63, 3.8) is 0 Å². The Morgan fingerprint density at radius 3 is 2.70 bits per heavy atom. The van der Waals surface area contributed by atoms with Gasteiger partial charge in [0.05, 0.1) is 0 Å². The number of hydrogen-bond donors (Lipinski definition) is 3. The number of aromatic hydroxyl groups is 1. The number of aromatic nitrogens is 2. The van der Waals surface area contributed by atoms with Crippen LogP contribution >= 0.6 is 35.6 Å². The zero-order valence-corrected chi connectivity index (χ0v) is 14.6. The van der Waals surface area contributed by atoms with Crippen molar-refractivity contribution in [2.45, 2.75) is 16.7 Å². The molecule has 1 aromatic heterocycles. The number of nitrogens with zero attached hydrogens (tertiary/aromatic N) is 1. The van der Waals surface area contributed by atoms with Crippen molar-refractivity contribution in [1.82, 2.24) is 9.97 Å². The van der Waals surface area contributed by atoms with Crippen LogP contribution in [0.4, 0.5) is 0 Å². The average molecular weight is 390 g/mol. The molecule has 0 bridgehead atoms. The monoisotopic (exact) mass is 389 g/mol. The summed E-state index contributed by atoms with van der Waals surface area (Å²) >= 11 is 11.7. The molecule has 1 aromatic carbocycles. The maximum absolute atomic E-state index is 12.3. The molecule has 3 N–H and O–H groups in total. The Morgan fingerprint density at radius 1 is 1.35 bits per heavy atom. The molecule has 0 spiro atoms. The Kier molecular flexibility index (Phi) is 3.87. The molecule has 0 unspecified atom stereocenters. The highest BCUT2D eigenvalue weighted by Gasteiger charge is 2.30. The van der Waals surface area contributed by atoms with Crippen molar-refractivity contribution < 1.29 is 13.5 Å². The van der Waals surface area contributed by atoms with Gasteiger partial charge >= 0.3 is 0 Å². The van der Waals surface area contributed by atoms with Crippen LogP contribution in [0.25, 0.3) is 0 Å². The number of benzene rings is 1. The highest BCUT2D eigenvalue weighted by molar-refractivity contribution is 8.16. The zero-order valence-electron chi connectivity index (χ0n) is 11.4. The second-order valence-electron chi connectivity index (χ2n) is 4.65. The summed E-state index contributed by atoms with van der Waals surface area (Å²) in [6, 6.07) is 2.91. The van der Waals surface area contributed by atoms with E-state index < -0.39 is 21.5 Å². The van der Waals surface area contributed by atoms with E-state index in [1.165, 1.54) is 12.1 Å². The van der Waals surface area contributed by atoms with Crippen molar-refractivity contribution in [2.75, 3.05) is 0 Å². The molecule has 11 heteroatoms. The second kappa shape index (κ2) is 5.48. The average Bonchev–Trinajstić information content (AvgIpc) is 2.39. The SMILES string of the molecule is Cc1cc2c(cc1Cl)SC(c1c(O)[nH]c(=S)[nH]c1=O)=NS2(=O)=O. The molecule has 0 saturated carbocycles. The van der Waals surface area contributed by atoms with Crippen molar-refractivity contribution in [3.05, 3.63) is 43.4 Å². The molecule has 0 aliphatic carbocycles. The molecule has 3 rings (SSSR count). The fourth-order valence-electron chi connectivity index (χ4n) is 1.97. The number of halogens is 1. The summed E-state index contributed by atoms with van der Waals surface area (Å²) in [4.78, 5) is 16.9. The van der Waals surface area contributed by atoms with Crippen LogP contribution in [-0.4, -0.2) is 28.5 Å². The number of hydrogen-bond acceptors (Lipinski definition) is 6. The van der Waals surface area contributed by atoms with Crippen molar-refractivity contribution in [3.8, 4) is 5.88 Å². The number of nitrogens with one attached hydrogen (secondary N) is 2. The Labute approximate surface area is 144 Å². The maximum Gasteiger partial charge on any atom is 0.284 e. The van der Waals surface area contributed by atoms with E-state index in [4.69, 9.17) is 23.8 Å². The van der Waals surface area contributed by atoms with Crippen LogP contribution in [0.3, 0.4) is 0 Å². The van der Waals surface area contributed by atoms with Gasteiger partial charge in [0, 0.05) is 9.92 Å². The fraction of sp³-hybridized carbons (Fsp3) is 0.0833. The molecule has 2 aromatic rings. The number of H-pyrrole nitrogens is 2. The predicted octanol–water partition coefficient (Wildman–Crippen LogP) is 2.34. The third kappa shape index (κ3) is 2.82. The van der Waals surface area contributed by atoms with E-state index in [-0.39, 0.29) is 20.3 Å². The standard InChI is InChI=1S/C12H8ClN3O4S3/c1-4-2-7-6(3-5(4)13)22-11(16-23(7,19)20)8-9(17)14-12(21)15-10(8)18/h2-3H,1H3,(H3,14,15,17,18,21). The maximum atomic E-state index is 12.3. The number of sulfonamides is 1. The minimum absolute atomic E-state index is 0.00735. The van der Waals surface area contributed by atoms with Crippen LogP contribution in [0.2, 0.25) is 5.02 Å². The number of aryl methyl sites for hydroxylation is 1. The molecule has 1 aliphatic heterocycles. The molecule has 0 amide bonds. The first-order valence-electron chi connectivity index (χ1n) is 6.08. The van der Waals surface area contributed by atoms with Gasteiger partial charge in [0.1, 0.15) is 15.5 Å². The summed E-state index contributed by atoms with van der Waals surface area (Å²) in [6.07, 6.45) is 0. The first-order valence-corrected chi connectivity index (χ1v) is 9.12. The number of thioether (sulfide) groups is 1. The van der Waals surface area contributed by atoms with Crippen LogP contribution in [0.5, 0.6) is 5.88 Å². The van der Waals surface area contributed by atoms with Gasteiger partial charge in [-0.3, -0.25) is 9.78 Å². The molecule has 0 saturated heterocycles. The molecular weight excluding hydrogens is 382 g/mol. The summed E-state index contributed by atoms with van der Waals surface area (Å²) in [7, 11) is -4.02. The Balaban J connectivity index is 2.27. The van der Waals surface area contributed by atoms with E-state index in [0.717, 1.165) is 11.8 Å². The summed E-state index contributed by atoms with van der Waals surface area (Å²) < 4.78 is 28.2. The molecule has 0 atom stereocenters. The van der Waals surface area contributed by atoms with Crippen LogP contribution in [0.1, 0.15) is 11.1 Å². The van der Waals surface area contributed by atoms with E-state index in [1.807, 2.05) is 0 Å². The number of aromatic amines is 2. The minimum Gasteiger partial charge on any atom is -0.494 e. The quantitative estimate of drug-likeness (QED) is 0.645. The molecule has 0 fully saturated rings. The van der Waals surface area contributed by atoms with E-state index in [1.54, 1.807) is 6.92 Å². The molecule has 120 valence electrons. The molecular formula is C12H8ClN3O4S3. The normalized spacial score (nSPS) is 15.8. The van der Waals surface area contributed by atoms with Gasteiger partial charge in [0.25, 0.3) is 15.6 Å². The van der Waals surface area contributed by atoms with Gasteiger partial charge in [-0.05, 0) is 36.8 Å². The van der Waals surface area contributed by atoms with Gasteiger partial charge in [0.15, 0.2) is 4.77 Å². The molecule has 2 heterocycles. The summed E-state index contributed by atoms with van der Waals surface area (Å²) in [5, 5.41) is 10.1. The number of rotatable bonds is 1. The molecule has 23 heavy (non-hydrogen) atoms. The molecule has 0 radical (unpaired) electrons. The zero-order chi connectivity index (χ0) is 16.9. The lowest BCUT2D eigenvalue weighted by molar-refractivity contribution is 0.449. The van der Waals surface area contributed by atoms with Crippen molar-refractivity contribution in [2.24, 2.45) is 4.40 Å². The van der Waals surface area contributed by atoms with E-state index in [0.29, 0.717) is 15.5 Å². The van der Waals surface area contributed by atoms with E-state index >= 15 is 0 Å². The molecule has 1 aliphatic rings. The lowest BCUT2D eigenvalue weighted by atomic mass is 10.2. The predicted molar refractivity (Wildman–Crippen MR) is 89.7 cm³/mol. The third-order valence-electron chi connectivity index (χ3n) is 3.05. The van der Waals surface area contributed by atoms with Crippen LogP contribution in [0, 0.1) is 11.7 Å². The summed E-state index contributed by atoms with van der Waals surface area (Å²) in [6.45, 7) is 1.68. The van der Waals surface area contributed by atoms with Crippen LogP contribution in [0.15, 0.2) is 31.1 Å². The third-order valence-corrected chi connectivity index (χ3v) is 6.27. The largest absolute Gasteiger partial charge is 0.494 e. The highest BCUT2D eigenvalue weighted by atomic mass is 35.5. The fourth-order valence-corrected chi connectivity index (χ4v) is 5.15. The first-order chi connectivity index (χ1) is 10.7. The first kappa shape index (κ1) is 16.2. The lowest BCUT2D eigenvalue weighted by Gasteiger charge is -2.16. The Bertz CT molecular complexity index is 1090. The topological polar surface area (TPSA) is 115 Å². The number of fused-ring (bicyclic) bond motifs is 1. The smallest absolute Gasteiger partial charge is 0.284 e. The van der Waals surface area contributed by atoms with Gasteiger partial charge in [0.2, 0.25) is 5.88 Å². The van der Waals surface area contributed by atoms with Gasteiger partial charge in [-0.1, -0.05) is 23.4 Å². The Morgan fingerprint density at radius 2 is 2.04 bits per heavy atom. The second-order valence-corrected chi connectivity index (χ2v) is 8.07. The van der Waals surface area contributed by atoms with E-state index in [9.17, 15) is 18.3 Å². The van der Waals surface area contributed by atoms with Crippen molar-refractivity contribution >= 4 is 50.6 Å². The van der Waals surface area contributed by atoms with Crippen LogP contribution < -0.4 is 5.56 Å². The van der Waals surface area contributed by atoms with Gasteiger partial charge in [-0.25, -0.2) is 0 Å². The highest BCUT2D eigenvalue weighted by Crippen LogP contribution is 2.39. The van der Waals surface area contributed by atoms with E-state index in [2.05, 4.69) is 14.4 Å². The minimum atomic E-state index is -4.02. The molecule has 7 nitrogen and oxygen atoms in total. The van der Waals surface area contributed by atoms with Crippen LogP contribution in [-0.2, 0) is 10.0 Å². The van der Waals surface area contributed by atoms with Gasteiger partial charge in [-0.2, -0.15) is 12.8 Å². The summed E-state index contributed by atoms with van der Waals surface area (Å²) in [5.74, 6) is -0.554.